The average molecular weight is 393 g/mol. The molecule has 0 bridgehead atoms. The number of para-hydroxylation sites is 1. The van der Waals surface area contributed by atoms with E-state index in [-0.39, 0.29) is 11.5 Å². The van der Waals surface area contributed by atoms with Crippen LogP contribution in [-0.2, 0) is 16.0 Å². The van der Waals surface area contributed by atoms with Crippen LogP contribution in [0.5, 0.6) is 0 Å². The Balaban J connectivity index is 0.000000368. The minimum atomic E-state index is -3.09. The van der Waals surface area contributed by atoms with Crippen molar-refractivity contribution >= 4 is 28.8 Å². The highest BCUT2D eigenvalue weighted by atomic mass is 16.5. The number of fused-ring (bicyclic) bond motifs is 1. The molecule has 0 radical (unpaired) electrons. The first-order chi connectivity index (χ1) is 14.8. The molecule has 11 N–H and O–H groups in total. The van der Waals surface area contributed by atoms with Crippen LogP contribution >= 0.6 is 0 Å². The van der Waals surface area contributed by atoms with Crippen molar-refractivity contribution in [1.82, 2.24) is 10.3 Å². The smallest absolute Gasteiger partial charge is 0.320 e. The Labute approximate surface area is 163 Å². The van der Waals surface area contributed by atoms with Crippen molar-refractivity contribution < 1.29 is 26.7 Å². The lowest BCUT2D eigenvalue weighted by atomic mass is 10.1. The van der Waals surface area contributed by atoms with E-state index in [0.717, 1.165) is 0 Å². The number of hydrogen-bond donors (Lipinski definition) is 8. The number of nitrogens with two attached hydrogens (primary N) is 3. The fourth-order valence-corrected chi connectivity index (χ4v) is 2.02. The largest absolute Gasteiger partial charge is 0.480 e. The van der Waals surface area contributed by atoms with Gasteiger partial charge in [0.1, 0.15) is 14.9 Å². The van der Waals surface area contributed by atoms with Crippen LogP contribution in [-0.4, -0.2) is 51.7 Å². The minimum absolute atomic E-state index is 0.0741. The van der Waals surface area contributed by atoms with Crippen molar-refractivity contribution in [2.45, 2.75) is 31.3 Å². The molecule has 2 rings (SSSR count). The van der Waals surface area contributed by atoms with Crippen LogP contribution in [0.25, 0.3) is 10.9 Å². The Bertz CT molecular complexity index is 956. The zero-order chi connectivity index (χ0) is 24.7. The van der Waals surface area contributed by atoms with Crippen LogP contribution < -0.4 is 22.5 Å². The Hall–Kier alpha value is -3.11. The number of benzene rings is 1. The summed E-state index contributed by atoms with van der Waals surface area (Å²) in [6, 6.07) is 2.74. The molecule has 2 atom stereocenters. The summed E-state index contributed by atoms with van der Waals surface area (Å²) in [5.41, 5.74) is 10.3. The maximum Gasteiger partial charge on any atom is 0.320 e. The SMILES string of the molecule is [15NH]=[13C]([15NH2])[15NH][13CH2][13CH2][13CH2][13C@H]([15NH2])[13C](=O)O.[2H]N([2H])[C@]([2H])(C(=O)O)C([2H])([2H])c1c[nH]c2ccccc12. The Morgan fingerprint density at radius 3 is 2.67 bits per heavy atom. The predicted molar refractivity (Wildman–Crippen MR) is 102 cm³/mol. The number of rotatable bonds is 9. The Morgan fingerprint density at radius 1 is 1.37 bits per heavy atom. The van der Waals surface area contributed by atoms with Gasteiger partial charge in [-0.15, -0.1) is 0 Å². The van der Waals surface area contributed by atoms with E-state index in [2.05, 4.69) is 10.3 Å². The van der Waals surface area contributed by atoms with E-state index in [4.69, 9.17) is 34.0 Å². The molecule has 0 saturated heterocycles. The van der Waals surface area contributed by atoms with Gasteiger partial charge in [-0.05, 0) is 24.5 Å². The van der Waals surface area contributed by atoms with Crippen LogP contribution in [0.4, 0.5) is 0 Å². The van der Waals surface area contributed by atoms with Gasteiger partial charge in [-0.1, -0.05) is 18.2 Å². The quantitative estimate of drug-likeness (QED) is 0.0938. The molecule has 2 aromatic rings. The van der Waals surface area contributed by atoms with Crippen LogP contribution in [0.1, 0.15) is 22.5 Å². The standard InChI is InChI=1S/C11H12N2O2.C6H14N4O2/c12-9(11(14)15)5-7-6-13-10-4-2-1-3-8(7)10;7-4(5(11)12)2-1-3-10-6(8)9/h1-4,6,9,13H,5,12H2,(H,14,15);4H,1-3,7H2,(H,11,12)(H4,8,9,10)/t9-;4-/m00/s1/i5D2,9D;1+1,2+1,3+1,4+1,5+1,6+1,7+1,8+1,9+1,10+1/hD2. The number of hydrogen-bond acceptors (Lipinski definition) is 5. The first-order valence-corrected chi connectivity index (χ1v) is 7.91. The normalized spacial score (nSPS) is 17.0. The highest BCUT2D eigenvalue weighted by molar-refractivity contribution is 5.84. The number of aromatic nitrogens is 1. The molecule has 0 aliphatic heterocycles. The molecule has 0 aliphatic carbocycles. The molecule has 1 heterocycles. The number of carboxylic acid groups (broad SMARTS) is 2. The van der Waals surface area contributed by atoms with Gasteiger partial charge in [0.2, 0.25) is 0 Å². The number of aromatic amines is 1. The first-order valence-electron chi connectivity index (χ1n) is 10.3. The molecule has 10 nitrogen and oxygen atoms in total. The maximum atomic E-state index is 11.2. The second-order valence-electron chi connectivity index (χ2n) is 5.45. The molecule has 1 aromatic heterocycles. The van der Waals surface area contributed by atoms with E-state index in [1.807, 2.05) is 0 Å². The zero-order valence-electron chi connectivity index (χ0n) is 19.4. The van der Waals surface area contributed by atoms with Gasteiger partial charge < -0.3 is 37.7 Å². The molecule has 0 saturated carbocycles. The lowest BCUT2D eigenvalue weighted by Gasteiger charge is -2.06. The molecule has 0 fully saturated rings. The van der Waals surface area contributed by atoms with E-state index in [0.29, 0.717) is 30.3 Å². The van der Waals surface area contributed by atoms with Gasteiger partial charge in [0.25, 0.3) is 0 Å². The predicted octanol–water partition coefficient (Wildman–Crippen LogP) is -0.216. The summed E-state index contributed by atoms with van der Waals surface area (Å²) in [7, 11) is 0. The lowest BCUT2D eigenvalue weighted by molar-refractivity contribution is -0.139. The van der Waals surface area contributed by atoms with Crippen LogP contribution in [0, 0.1) is 5.41 Å². The summed E-state index contributed by atoms with van der Waals surface area (Å²) in [4.78, 5) is 24.2. The van der Waals surface area contributed by atoms with Crippen molar-refractivity contribution in [2.24, 2.45) is 17.2 Å². The van der Waals surface area contributed by atoms with E-state index in [9.17, 15) is 9.59 Å². The molecule has 0 spiro atoms. The van der Waals surface area contributed by atoms with E-state index >= 15 is 0 Å². The number of aliphatic carboxylic acids is 2. The lowest BCUT2D eigenvalue weighted by Crippen LogP contribution is -2.34. The van der Waals surface area contributed by atoms with Crippen molar-refractivity contribution in [3.63, 3.8) is 0 Å². The molecule has 0 amide bonds. The molecule has 0 aliphatic rings. The van der Waals surface area contributed by atoms with Gasteiger partial charge >= 0.3 is 11.9 Å². The zero-order valence-corrected chi connectivity index (χ0v) is 14.4. The van der Waals surface area contributed by atoms with Crippen LogP contribution in [0.2, 0.25) is 2.82 Å². The third-order valence-corrected chi connectivity index (χ3v) is 3.37. The van der Waals surface area contributed by atoms with Crippen molar-refractivity contribution in [2.75, 3.05) is 6.54 Å². The van der Waals surface area contributed by atoms with E-state index in [1.165, 1.54) is 6.20 Å². The first kappa shape index (κ1) is 15.0. The van der Waals surface area contributed by atoms with Crippen molar-refractivity contribution in [1.29, 1.82) is 5.41 Å². The summed E-state index contributed by atoms with van der Waals surface area (Å²) in [5, 5.41) is 27.2. The van der Waals surface area contributed by atoms with Gasteiger partial charge in [-0.2, -0.15) is 0 Å². The number of carbonyl (C=O) groups is 2. The number of nitrogens with one attached hydrogen (secondary N) is 3. The van der Waals surface area contributed by atoms with Gasteiger partial charge in [0.15, 0.2) is 5.96 Å². The highest BCUT2D eigenvalue weighted by Crippen LogP contribution is 2.18. The molecule has 10 heteroatoms. The third kappa shape index (κ3) is 7.75. The van der Waals surface area contributed by atoms with Gasteiger partial charge in [-0.3, -0.25) is 15.0 Å². The van der Waals surface area contributed by atoms with Gasteiger partial charge in [0.05, 0.1) is 1.37 Å². The topological polar surface area (TPSA) is 204 Å². The second kappa shape index (κ2) is 10.8. The molecule has 27 heavy (non-hydrogen) atoms. The maximum absolute atomic E-state index is 11.2. The monoisotopic (exact) mass is 393 g/mol. The van der Waals surface area contributed by atoms with Crippen molar-refractivity contribution in [3.05, 3.63) is 36.0 Å². The number of H-pyrrole nitrogens is 1. The van der Waals surface area contributed by atoms with E-state index < -0.39 is 36.1 Å². The van der Waals surface area contributed by atoms with Gasteiger partial charge in [-0.25, -0.2) is 0 Å². The van der Waals surface area contributed by atoms with Gasteiger partial charge in [0, 0.05) is 32.8 Å². The number of guanidine groups is 1. The summed E-state index contributed by atoms with van der Waals surface area (Å²) >= 11 is 0. The molecule has 1 aromatic carbocycles. The number of carboxylic acids is 2. The summed E-state index contributed by atoms with van der Waals surface area (Å²) in [6.45, 7) is 0.482. The molecular weight excluding hydrogens is 362 g/mol. The Morgan fingerprint density at radius 2 is 2.07 bits per heavy atom. The van der Waals surface area contributed by atoms with Crippen LogP contribution in [0.3, 0.4) is 0 Å². The average Bonchev–Trinajstić information content (AvgIpc) is 3.15. The molecular formula is C17H26N6O4. The fraction of sp³-hybridized carbons (Fsp3) is 0.353. The highest BCUT2D eigenvalue weighted by Gasteiger charge is 2.14. The minimum Gasteiger partial charge on any atom is -0.480 e. The summed E-state index contributed by atoms with van der Waals surface area (Å²) in [6.07, 6.45) is -0.523. The summed E-state index contributed by atoms with van der Waals surface area (Å²) in [5.74, 6) is -3.02. The molecule has 0 unspecified atom stereocenters. The van der Waals surface area contributed by atoms with Crippen LogP contribution in [0.15, 0.2) is 30.5 Å². The second-order valence-corrected chi connectivity index (χ2v) is 5.45. The van der Waals surface area contributed by atoms with Crippen molar-refractivity contribution in [3.8, 4) is 0 Å². The third-order valence-electron chi connectivity index (χ3n) is 3.37. The molecule has 148 valence electrons. The Kier molecular flexibility index (Phi) is 5.99. The summed E-state index contributed by atoms with van der Waals surface area (Å²) < 4.78 is 37.9. The van der Waals surface area contributed by atoms with E-state index in [1.54, 1.807) is 24.3 Å². The fourth-order valence-electron chi connectivity index (χ4n) is 2.02.